The summed E-state index contributed by atoms with van der Waals surface area (Å²) in [5, 5.41) is 4.36. The summed E-state index contributed by atoms with van der Waals surface area (Å²) in [6, 6.07) is 6.52. The summed E-state index contributed by atoms with van der Waals surface area (Å²) in [6.45, 7) is 11.2. The Hall–Kier alpha value is -0.0900. The van der Waals surface area contributed by atoms with Gasteiger partial charge in [0.05, 0.1) is 0 Å². The topological polar surface area (TPSA) is 15.3 Å². The highest BCUT2D eigenvalue weighted by atomic mass is 79.9. The molecule has 120 valence electrons. The molecular formula is C17H28BrClN2. The molecule has 0 aliphatic heterocycles. The first-order chi connectivity index (χ1) is 9.92. The Balaban J connectivity index is 3.04. The number of hydrogen-bond donors (Lipinski definition) is 1. The maximum atomic E-state index is 6.40. The molecule has 0 heterocycles. The van der Waals surface area contributed by atoms with Crippen LogP contribution < -0.4 is 5.32 Å². The molecule has 0 saturated carbocycles. The summed E-state index contributed by atoms with van der Waals surface area (Å²) in [5.41, 5.74) is 1.32. The Labute approximate surface area is 143 Å². The Morgan fingerprint density at radius 2 is 1.90 bits per heavy atom. The predicted molar refractivity (Wildman–Crippen MR) is 97.3 cm³/mol. The van der Waals surface area contributed by atoms with Gasteiger partial charge in [0.25, 0.3) is 0 Å². The van der Waals surface area contributed by atoms with Gasteiger partial charge >= 0.3 is 0 Å². The third kappa shape index (κ3) is 4.44. The van der Waals surface area contributed by atoms with Gasteiger partial charge in [-0.05, 0) is 57.6 Å². The molecule has 0 spiro atoms. The Kier molecular flexibility index (Phi) is 7.69. The van der Waals surface area contributed by atoms with Crippen molar-refractivity contribution < 1.29 is 0 Å². The first-order valence-corrected chi connectivity index (χ1v) is 8.96. The lowest BCUT2D eigenvalue weighted by Gasteiger charge is -2.46. The zero-order valence-corrected chi connectivity index (χ0v) is 16.2. The van der Waals surface area contributed by atoms with Gasteiger partial charge in [-0.15, -0.1) is 0 Å². The number of likely N-dealkylation sites (N-methyl/N-ethyl adjacent to an activating group) is 2. The lowest BCUT2D eigenvalue weighted by Crippen LogP contribution is -2.59. The molecule has 0 bridgehead atoms. The SMILES string of the molecule is CCN(CC)C(C)(CC)C(Cc1ccc(Br)cc1Cl)NC. The molecule has 0 aliphatic rings. The van der Waals surface area contributed by atoms with E-state index in [1.807, 2.05) is 6.07 Å². The molecule has 1 aromatic rings. The fraction of sp³-hybridized carbons (Fsp3) is 0.647. The van der Waals surface area contributed by atoms with Gasteiger partial charge in [0.2, 0.25) is 0 Å². The van der Waals surface area contributed by atoms with Crippen LogP contribution in [0.5, 0.6) is 0 Å². The lowest BCUT2D eigenvalue weighted by molar-refractivity contribution is 0.0730. The molecule has 0 radical (unpaired) electrons. The highest BCUT2D eigenvalue weighted by molar-refractivity contribution is 9.10. The molecule has 1 aromatic carbocycles. The Bertz CT molecular complexity index is 448. The minimum absolute atomic E-state index is 0.120. The summed E-state index contributed by atoms with van der Waals surface area (Å²) in [5.74, 6) is 0. The highest BCUT2D eigenvalue weighted by Crippen LogP contribution is 2.29. The van der Waals surface area contributed by atoms with E-state index in [1.54, 1.807) is 0 Å². The summed E-state index contributed by atoms with van der Waals surface area (Å²) in [4.78, 5) is 2.54. The van der Waals surface area contributed by atoms with Gasteiger partial charge < -0.3 is 5.32 Å². The van der Waals surface area contributed by atoms with Crippen molar-refractivity contribution in [3.05, 3.63) is 33.3 Å². The molecular weight excluding hydrogens is 348 g/mol. The fourth-order valence-corrected chi connectivity index (χ4v) is 3.93. The molecule has 4 heteroatoms. The average Bonchev–Trinajstić information content (AvgIpc) is 2.47. The van der Waals surface area contributed by atoms with Crippen LogP contribution in [0.25, 0.3) is 0 Å². The molecule has 2 unspecified atom stereocenters. The standard InChI is InChI=1S/C17H28BrClN2/c1-6-17(4,21(7-2)8-3)16(20-5)11-13-9-10-14(18)12-15(13)19/h9-10,12,16,20H,6-8,11H2,1-5H3. The van der Waals surface area contributed by atoms with Gasteiger partial charge in [0, 0.05) is 21.1 Å². The Morgan fingerprint density at radius 3 is 2.33 bits per heavy atom. The molecule has 0 saturated heterocycles. The van der Waals surface area contributed by atoms with E-state index < -0.39 is 0 Å². The van der Waals surface area contributed by atoms with Crippen LogP contribution >= 0.6 is 27.5 Å². The van der Waals surface area contributed by atoms with Gasteiger partial charge in [-0.25, -0.2) is 0 Å². The van der Waals surface area contributed by atoms with E-state index in [2.05, 4.69) is 73.0 Å². The van der Waals surface area contributed by atoms with Crippen molar-refractivity contribution in [3.8, 4) is 0 Å². The van der Waals surface area contributed by atoms with E-state index in [0.29, 0.717) is 6.04 Å². The van der Waals surface area contributed by atoms with Crippen molar-refractivity contribution in [2.45, 2.75) is 52.1 Å². The van der Waals surface area contributed by atoms with Crippen LogP contribution in [0.1, 0.15) is 39.7 Å². The molecule has 0 aromatic heterocycles. The lowest BCUT2D eigenvalue weighted by atomic mass is 9.83. The van der Waals surface area contributed by atoms with E-state index in [9.17, 15) is 0 Å². The summed E-state index contributed by atoms with van der Waals surface area (Å²) < 4.78 is 1.03. The first-order valence-electron chi connectivity index (χ1n) is 7.79. The molecule has 2 nitrogen and oxygen atoms in total. The molecule has 21 heavy (non-hydrogen) atoms. The van der Waals surface area contributed by atoms with Crippen LogP contribution in [-0.2, 0) is 6.42 Å². The highest BCUT2D eigenvalue weighted by Gasteiger charge is 2.36. The monoisotopic (exact) mass is 374 g/mol. The van der Waals surface area contributed by atoms with Crippen LogP contribution in [0.15, 0.2) is 22.7 Å². The second-order valence-corrected chi connectivity index (χ2v) is 6.99. The average molecular weight is 376 g/mol. The van der Waals surface area contributed by atoms with E-state index in [1.165, 1.54) is 5.56 Å². The van der Waals surface area contributed by atoms with E-state index in [4.69, 9.17) is 11.6 Å². The molecule has 0 aliphatic carbocycles. The van der Waals surface area contributed by atoms with Gasteiger partial charge in [-0.2, -0.15) is 0 Å². The first kappa shape index (κ1) is 19.0. The number of benzene rings is 1. The van der Waals surface area contributed by atoms with Gasteiger partial charge in [0.1, 0.15) is 0 Å². The summed E-state index contributed by atoms with van der Waals surface area (Å²) in [7, 11) is 2.05. The van der Waals surface area contributed by atoms with Crippen molar-refractivity contribution in [1.82, 2.24) is 10.2 Å². The van der Waals surface area contributed by atoms with E-state index in [0.717, 1.165) is 35.4 Å². The Morgan fingerprint density at radius 1 is 1.29 bits per heavy atom. The maximum Gasteiger partial charge on any atom is 0.0449 e. The van der Waals surface area contributed by atoms with Crippen molar-refractivity contribution in [2.75, 3.05) is 20.1 Å². The molecule has 0 fully saturated rings. The third-order valence-electron chi connectivity index (χ3n) is 4.74. The van der Waals surface area contributed by atoms with Gasteiger partial charge in [-0.1, -0.05) is 54.4 Å². The number of rotatable bonds is 8. The molecule has 1 rings (SSSR count). The fourth-order valence-electron chi connectivity index (χ4n) is 3.18. The third-order valence-corrected chi connectivity index (χ3v) is 5.59. The van der Waals surface area contributed by atoms with Crippen LogP contribution in [0, 0.1) is 0 Å². The van der Waals surface area contributed by atoms with Crippen molar-refractivity contribution >= 4 is 27.5 Å². The van der Waals surface area contributed by atoms with E-state index in [-0.39, 0.29) is 5.54 Å². The largest absolute Gasteiger partial charge is 0.315 e. The molecule has 1 N–H and O–H groups in total. The minimum Gasteiger partial charge on any atom is -0.315 e. The zero-order valence-electron chi connectivity index (χ0n) is 13.8. The summed E-state index contributed by atoms with van der Waals surface area (Å²) >= 11 is 9.87. The zero-order chi connectivity index (χ0) is 16.0. The second kappa shape index (κ2) is 8.52. The molecule has 0 amide bonds. The van der Waals surface area contributed by atoms with Crippen LogP contribution in [0.4, 0.5) is 0 Å². The maximum absolute atomic E-state index is 6.40. The number of nitrogens with zero attached hydrogens (tertiary/aromatic N) is 1. The van der Waals surface area contributed by atoms with Crippen LogP contribution in [0.3, 0.4) is 0 Å². The quantitative estimate of drug-likeness (QED) is 0.705. The van der Waals surface area contributed by atoms with Crippen molar-refractivity contribution in [3.63, 3.8) is 0 Å². The van der Waals surface area contributed by atoms with Gasteiger partial charge in [-0.3, -0.25) is 4.90 Å². The van der Waals surface area contributed by atoms with Crippen molar-refractivity contribution in [1.29, 1.82) is 0 Å². The predicted octanol–water partition coefficient (Wildman–Crippen LogP) is 4.74. The number of halogens is 2. The second-order valence-electron chi connectivity index (χ2n) is 5.66. The van der Waals surface area contributed by atoms with E-state index >= 15 is 0 Å². The molecule has 2 atom stereocenters. The normalized spacial score (nSPS) is 16.0. The smallest absolute Gasteiger partial charge is 0.0449 e. The van der Waals surface area contributed by atoms with Crippen molar-refractivity contribution in [2.24, 2.45) is 0 Å². The number of hydrogen-bond acceptors (Lipinski definition) is 2. The number of nitrogens with one attached hydrogen (secondary N) is 1. The summed E-state index contributed by atoms with van der Waals surface area (Å²) in [6.07, 6.45) is 2.04. The minimum atomic E-state index is 0.120. The van der Waals surface area contributed by atoms with Crippen LogP contribution in [-0.4, -0.2) is 36.6 Å². The van der Waals surface area contributed by atoms with Crippen LogP contribution in [0.2, 0.25) is 5.02 Å². The van der Waals surface area contributed by atoms with Gasteiger partial charge in [0.15, 0.2) is 0 Å².